The zero-order valence-electron chi connectivity index (χ0n) is 8.02. The lowest BCUT2D eigenvalue weighted by Gasteiger charge is -2.14. The first kappa shape index (κ1) is 10.3. The van der Waals surface area contributed by atoms with E-state index in [2.05, 4.69) is 0 Å². The second-order valence-electron chi connectivity index (χ2n) is 2.76. The maximum atomic E-state index is 11.6. The monoisotopic (exact) mass is 196 g/mol. The highest BCUT2D eigenvalue weighted by Crippen LogP contribution is 2.19. The van der Waals surface area contributed by atoms with Crippen LogP contribution in [-0.2, 0) is 4.84 Å². The third-order valence-electron chi connectivity index (χ3n) is 1.83. The number of hydrogen-bond donors (Lipinski definition) is 2. The number of hydroxylamine groups is 2. The van der Waals surface area contributed by atoms with Crippen LogP contribution in [0.25, 0.3) is 0 Å². The highest BCUT2D eigenvalue weighted by atomic mass is 16.7. The molecule has 0 radical (unpaired) electrons. The van der Waals surface area contributed by atoms with Gasteiger partial charge >= 0.3 is 0 Å². The van der Waals surface area contributed by atoms with E-state index in [-0.39, 0.29) is 11.3 Å². The van der Waals surface area contributed by atoms with Crippen molar-refractivity contribution in [3.63, 3.8) is 0 Å². The van der Waals surface area contributed by atoms with Gasteiger partial charge in [0.05, 0.1) is 12.7 Å². The van der Waals surface area contributed by atoms with Gasteiger partial charge in [-0.1, -0.05) is 0 Å². The van der Waals surface area contributed by atoms with Crippen molar-refractivity contribution in [1.82, 2.24) is 5.06 Å². The Morgan fingerprint density at radius 2 is 2.21 bits per heavy atom. The standard InChI is InChI=1S/C9H12N2O3/c1-11(14-2)9(13)7-5-6(12)3-4-8(7)10/h3-5,12H,10H2,1-2H3. The first-order valence-corrected chi connectivity index (χ1v) is 3.97. The molecule has 0 heterocycles. The predicted molar refractivity (Wildman–Crippen MR) is 51.6 cm³/mol. The average molecular weight is 196 g/mol. The molecule has 0 aliphatic rings. The van der Waals surface area contributed by atoms with Crippen molar-refractivity contribution in [2.45, 2.75) is 0 Å². The molecule has 14 heavy (non-hydrogen) atoms. The molecule has 1 aromatic rings. The van der Waals surface area contributed by atoms with E-state index in [1.807, 2.05) is 0 Å². The second-order valence-corrected chi connectivity index (χ2v) is 2.76. The Morgan fingerprint density at radius 1 is 1.57 bits per heavy atom. The van der Waals surface area contributed by atoms with Crippen molar-refractivity contribution >= 4 is 11.6 Å². The Labute approximate surface area is 81.6 Å². The zero-order chi connectivity index (χ0) is 10.7. The first-order valence-electron chi connectivity index (χ1n) is 3.97. The lowest BCUT2D eigenvalue weighted by atomic mass is 10.1. The van der Waals surface area contributed by atoms with Crippen LogP contribution in [0.4, 0.5) is 5.69 Å². The molecular weight excluding hydrogens is 184 g/mol. The third-order valence-corrected chi connectivity index (χ3v) is 1.83. The number of phenols is 1. The Balaban J connectivity index is 3.06. The van der Waals surface area contributed by atoms with E-state index in [0.717, 1.165) is 5.06 Å². The van der Waals surface area contributed by atoms with E-state index in [4.69, 9.17) is 10.6 Å². The Bertz CT molecular complexity index is 352. The molecule has 5 heteroatoms. The van der Waals surface area contributed by atoms with Crippen LogP contribution >= 0.6 is 0 Å². The van der Waals surface area contributed by atoms with Crippen molar-refractivity contribution in [2.24, 2.45) is 0 Å². The van der Waals surface area contributed by atoms with E-state index < -0.39 is 5.91 Å². The summed E-state index contributed by atoms with van der Waals surface area (Å²) in [6.07, 6.45) is 0. The molecule has 0 saturated carbocycles. The SMILES string of the molecule is CON(C)C(=O)c1cc(O)ccc1N. The van der Waals surface area contributed by atoms with Crippen LogP contribution < -0.4 is 5.73 Å². The van der Waals surface area contributed by atoms with Crippen molar-refractivity contribution in [1.29, 1.82) is 0 Å². The first-order chi connectivity index (χ1) is 6.56. The highest BCUT2D eigenvalue weighted by Gasteiger charge is 2.14. The molecule has 1 amide bonds. The van der Waals surface area contributed by atoms with Gasteiger partial charge in [-0.25, -0.2) is 5.06 Å². The van der Waals surface area contributed by atoms with Crippen LogP contribution in [0.3, 0.4) is 0 Å². The van der Waals surface area contributed by atoms with Gasteiger partial charge in [-0.3, -0.25) is 9.63 Å². The molecule has 76 valence electrons. The van der Waals surface area contributed by atoms with Gasteiger partial charge in [0.25, 0.3) is 5.91 Å². The number of hydrogen-bond acceptors (Lipinski definition) is 4. The number of carbonyl (C=O) groups excluding carboxylic acids is 1. The smallest absolute Gasteiger partial charge is 0.279 e. The number of carbonyl (C=O) groups is 1. The third kappa shape index (κ3) is 1.94. The summed E-state index contributed by atoms with van der Waals surface area (Å²) in [6.45, 7) is 0. The van der Waals surface area contributed by atoms with Crippen LogP contribution in [0.1, 0.15) is 10.4 Å². The summed E-state index contributed by atoms with van der Waals surface area (Å²) in [5.41, 5.74) is 6.09. The quantitative estimate of drug-likeness (QED) is 0.413. The van der Waals surface area contributed by atoms with Crippen LogP contribution in [0, 0.1) is 0 Å². The van der Waals surface area contributed by atoms with E-state index in [1.165, 1.54) is 32.4 Å². The summed E-state index contributed by atoms with van der Waals surface area (Å²) in [5.74, 6) is -0.409. The second kappa shape index (κ2) is 3.97. The molecule has 5 nitrogen and oxygen atoms in total. The van der Waals surface area contributed by atoms with Crippen molar-refractivity contribution in [2.75, 3.05) is 19.9 Å². The molecule has 0 fully saturated rings. The van der Waals surface area contributed by atoms with Gasteiger partial charge in [0.2, 0.25) is 0 Å². The molecule has 0 saturated heterocycles. The van der Waals surface area contributed by atoms with Crippen molar-refractivity contribution in [3.8, 4) is 5.75 Å². The number of nitrogen functional groups attached to an aromatic ring is 1. The molecular formula is C9H12N2O3. The predicted octanol–water partition coefficient (Wildman–Crippen LogP) is 0.608. The van der Waals surface area contributed by atoms with Crippen LogP contribution in [0.5, 0.6) is 5.75 Å². The summed E-state index contributed by atoms with van der Waals surface area (Å²) in [4.78, 5) is 16.3. The normalized spacial score (nSPS) is 9.86. The lowest BCUT2D eigenvalue weighted by Crippen LogP contribution is -2.26. The van der Waals surface area contributed by atoms with Gasteiger partial charge in [0, 0.05) is 12.7 Å². The van der Waals surface area contributed by atoms with E-state index in [9.17, 15) is 9.90 Å². The summed E-state index contributed by atoms with van der Waals surface area (Å²) < 4.78 is 0. The number of nitrogens with two attached hydrogens (primary N) is 1. The fourth-order valence-electron chi connectivity index (χ4n) is 0.982. The Morgan fingerprint density at radius 3 is 2.79 bits per heavy atom. The topological polar surface area (TPSA) is 75.8 Å². The molecule has 0 spiro atoms. The van der Waals surface area contributed by atoms with Gasteiger partial charge < -0.3 is 10.8 Å². The summed E-state index contributed by atoms with van der Waals surface area (Å²) in [7, 11) is 2.84. The van der Waals surface area contributed by atoms with Gasteiger partial charge in [-0.05, 0) is 18.2 Å². The fourth-order valence-corrected chi connectivity index (χ4v) is 0.982. The van der Waals surface area contributed by atoms with E-state index in [0.29, 0.717) is 5.69 Å². The fraction of sp³-hybridized carbons (Fsp3) is 0.222. The molecule has 0 bridgehead atoms. The van der Waals surface area contributed by atoms with Crippen LogP contribution in [-0.4, -0.2) is 30.2 Å². The van der Waals surface area contributed by atoms with Gasteiger partial charge in [0.15, 0.2) is 0 Å². The maximum absolute atomic E-state index is 11.6. The molecule has 0 aliphatic carbocycles. The molecule has 1 aromatic carbocycles. The van der Waals surface area contributed by atoms with Crippen molar-refractivity contribution in [3.05, 3.63) is 23.8 Å². The van der Waals surface area contributed by atoms with Crippen LogP contribution in [0.2, 0.25) is 0 Å². The Kier molecular flexibility index (Phi) is 2.93. The molecule has 1 rings (SSSR count). The van der Waals surface area contributed by atoms with E-state index >= 15 is 0 Å². The number of benzene rings is 1. The number of anilines is 1. The van der Waals surface area contributed by atoms with Gasteiger partial charge in [-0.15, -0.1) is 0 Å². The number of rotatable bonds is 2. The van der Waals surface area contributed by atoms with Gasteiger partial charge in [-0.2, -0.15) is 0 Å². The summed E-state index contributed by atoms with van der Waals surface area (Å²) in [5, 5.41) is 10.2. The number of amides is 1. The Hall–Kier alpha value is -1.75. The number of phenolic OH excluding ortho intramolecular Hbond substituents is 1. The number of aromatic hydroxyl groups is 1. The molecule has 0 unspecified atom stereocenters. The zero-order valence-corrected chi connectivity index (χ0v) is 8.02. The highest BCUT2D eigenvalue weighted by molar-refractivity contribution is 5.98. The molecule has 0 aromatic heterocycles. The van der Waals surface area contributed by atoms with Crippen LogP contribution in [0.15, 0.2) is 18.2 Å². The summed E-state index contributed by atoms with van der Waals surface area (Å²) >= 11 is 0. The van der Waals surface area contributed by atoms with E-state index in [1.54, 1.807) is 0 Å². The maximum Gasteiger partial charge on any atom is 0.279 e. The molecule has 0 aliphatic heterocycles. The molecule has 3 N–H and O–H groups in total. The van der Waals surface area contributed by atoms with Crippen molar-refractivity contribution < 1.29 is 14.7 Å². The largest absolute Gasteiger partial charge is 0.508 e. The average Bonchev–Trinajstić information content (AvgIpc) is 2.19. The minimum Gasteiger partial charge on any atom is -0.508 e. The summed E-state index contributed by atoms with van der Waals surface area (Å²) in [6, 6.07) is 4.18. The minimum atomic E-state index is -0.402. The minimum absolute atomic E-state index is 0.00736. The lowest BCUT2D eigenvalue weighted by molar-refractivity contribution is -0.0756. The molecule has 0 atom stereocenters. The van der Waals surface area contributed by atoms with Gasteiger partial charge in [0.1, 0.15) is 5.75 Å². The number of nitrogens with zero attached hydrogens (tertiary/aromatic N) is 1.